The number of carboxylic acids is 1. The van der Waals surface area contributed by atoms with E-state index >= 15 is 0 Å². The van der Waals surface area contributed by atoms with Gasteiger partial charge >= 0.3 is 5.97 Å². The largest absolute Gasteiger partial charge is 0.480 e. The number of para-hydroxylation sites is 1. The number of pyridine rings is 1. The van der Waals surface area contributed by atoms with E-state index in [9.17, 15) is 14.4 Å². The fourth-order valence-corrected chi connectivity index (χ4v) is 2.93. The second-order valence-electron chi connectivity index (χ2n) is 6.11. The molecule has 3 rings (SSSR count). The number of fused-ring (bicyclic) bond motifs is 1. The van der Waals surface area contributed by atoms with Crippen LogP contribution in [0, 0.1) is 0 Å². The summed E-state index contributed by atoms with van der Waals surface area (Å²) < 4.78 is 0. The Morgan fingerprint density at radius 1 is 1.08 bits per heavy atom. The summed E-state index contributed by atoms with van der Waals surface area (Å²) in [6, 6.07) is 11.6. The van der Waals surface area contributed by atoms with Crippen LogP contribution in [0.5, 0.6) is 0 Å². The molecule has 2 heterocycles. The molecule has 26 heavy (non-hydrogen) atoms. The van der Waals surface area contributed by atoms with Gasteiger partial charge in [-0.05, 0) is 18.6 Å². The molecular formula is C19H19N3O4. The van der Waals surface area contributed by atoms with Crippen molar-refractivity contribution in [2.24, 2.45) is 0 Å². The topological polar surface area (TPSA) is 90.8 Å². The lowest BCUT2D eigenvalue weighted by Crippen LogP contribution is -2.35. The van der Waals surface area contributed by atoms with Crippen LogP contribution < -0.4 is 0 Å². The van der Waals surface area contributed by atoms with E-state index < -0.39 is 5.97 Å². The van der Waals surface area contributed by atoms with Crippen LogP contribution >= 0.6 is 0 Å². The molecule has 1 aliphatic rings. The minimum Gasteiger partial charge on any atom is -0.480 e. The Bertz CT molecular complexity index is 860. The molecule has 0 saturated carbocycles. The van der Waals surface area contributed by atoms with Crippen LogP contribution in [0.25, 0.3) is 10.9 Å². The number of aliphatic carboxylic acids is 1. The number of nitrogens with zero attached hydrogens (tertiary/aromatic N) is 3. The predicted molar refractivity (Wildman–Crippen MR) is 95.1 cm³/mol. The summed E-state index contributed by atoms with van der Waals surface area (Å²) in [5.41, 5.74) is 1.64. The molecule has 2 aromatic rings. The fourth-order valence-electron chi connectivity index (χ4n) is 2.93. The molecule has 0 fully saturated rings. The number of amides is 2. The number of carbonyl (C=O) groups excluding carboxylic acids is 2. The number of hydrogen-bond acceptors (Lipinski definition) is 5. The van der Waals surface area contributed by atoms with Gasteiger partial charge < -0.3 is 5.11 Å². The highest BCUT2D eigenvalue weighted by molar-refractivity contribution is 6.12. The molecule has 0 atom stereocenters. The number of aromatic nitrogens is 1. The predicted octanol–water partition coefficient (Wildman–Crippen LogP) is 1.44. The van der Waals surface area contributed by atoms with Crippen molar-refractivity contribution in [2.75, 3.05) is 19.6 Å². The smallest absolute Gasteiger partial charge is 0.317 e. The minimum atomic E-state index is -0.930. The highest BCUT2D eigenvalue weighted by Gasteiger charge is 2.23. The van der Waals surface area contributed by atoms with Gasteiger partial charge in [0.15, 0.2) is 0 Å². The molecule has 1 aromatic heterocycles. The van der Waals surface area contributed by atoms with E-state index in [-0.39, 0.29) is 24.9 Å². The second-order valence-corrected chi connectivity index (χ2v) is 6.11. The number of rotatable bonds is 8. The zero-order valence-electron chi connectivity index (χ0n) is 14.2. The SMILES string of the molecule is O=C(O)CN(CCCN1C(=O)C=CC1=O)Cc1ccc2ccccc2n1. The van der Waals surface area contributed by atoms with Gasteiger partial charge in [-0.25, -0.2) is 0 Å². The third-order valence-electron chi connectivity index (χ3n) is 4.16. The molecule has 7 heteroatoms. The molecule has 1 N–H and O–H groups in total. The van der Waals surface area contributed by atoms with E-state index in [0.29, 0.717) is 19.5 Å². The molecular weight excluding hydrogens is 334 g/mol. The first-order chi connectivity index (χ1) is 12.5. The Morgan fingerprint density at radius 2 is 1.81 bits per heavy atom. The summed E-state index contributed by atoms with van der Waals surface area (Å²) in [6.45, 7) is 0.968. The quantitative estimate of drug-likeness (QED) is 0.722. The van der Waals surface area contributed by atoms with E-state index in [2.05, 4.69) is 4.98 Å². The van der Waals surface area contributed by atoms with Crippen LogP contribution in [0.2, 0.25) is 0 Å². The van der Waals surface area contributed by atoms with E-state index in [1.165, 1.54) is 12.2 Å². The van der Waals surface area contributed by atoms with Crippen LogP contribution in [0.1, 0.15) is 12.1 Å². The number of benzene rings is 1. The molecule has 0 bridgehead atoms. The number of hydrogen-bond donors (Lipinski definition) is 1. The van der Waals surface area contributed by atoms with Gasteiger partial charge in [0, 0.05) is 37.2 Å². The summed E-state index contributed by atoms with van der Waals surface area (Å²) in [6.07, 6.45) is 2.99. The molecule has 1 aliphatic heterocycles. The van der Waals surface area contributed by atoms with E-state index in [4.69, 9.17) is 5.11 Å². The van der Waals surface area contributed by atoms with Crippen LogP contribution in [-0.2, 0) is 20.9 Å². The van der Waals surface area contributed by atoms with Gasteiger partial charge in [-0.15, -0.1) is 0 Å². The summed E-state index contributed by atoms with van der Waals surface area (Å²) >= 11 is 0. The van der Waals surface area contributed by atoms with Gasteiger partial charge in [0.2, 0.25) is 0 Å². The highest BCUT2D eigenvalue weighted by Crippen LogP contribution is 2.13. The summed E-state index contributed by atoms with van der Waals surface area (Å²) in [5, 5.41) is 10.2. The molecule has 134 valence electrons. The fraction of sp³-hybridized carbons (Fsp3) is 0.263. The van der Waals surface area contributed by atoms with Gasteiger partial charge in [0.05, 0.1) is 17.8 Å². The minimum absolute atomic E-state index is 0.130. The van der Waals surface area contributed by atoms with E-state index in [0.717, 1.165) is 21.5 Å². The molecule has 7 nitrogen and oxygen atoms in total. The normalized spacial score (nSPS) is 14.0. The highest BCUT2D eigenvalue weighted by atomic mass is 16.4. The van der Waals surface area contributed by atoms with Crippen molar-refractivity contribution in [1.82, 2.24) is 14.8 Å². The Morgan fingerprint density at radius 3 is 2.54 bits per heavy atom. The first kappa shape index (κ1) is 17.8. The lowest BCUT2D eigenvalue weighted by molar-refractivity contribution is -0.139. The zero-order chi connectivity index (χ0) is 18.5. The first-order valence-electron chi connectivity index (χ1n) is 8.35. The molecule has 0 saturated heterocycles. The van der Waals surface area contributed by atoms with Gasteiger partial charge in [0.25, 0.3) is 11.8 Å². The maximum atomic E-state index is 11.6. The number of imide groups is 1. The zero-order valence-corrected chi connectivity index (χ0v) is 14.2. The van der Waals surface area contributed by atoms with Crippen molar-refractivity contribution in [3.63, 3.8) is 0 Å². The van der Waals surface area contributed by atoms with Gasteiger partial charge in [-0.1, -0.05) is 24.3 Å². The average molecular weight is 353 g/mol. The van der Waals surface area contributed by atoms with Gasteiger partial charge in [-0.3, -0.25) is 29.2 Å². The van der Waals surface area contributed by atoms with Crippen LogP contribution in [-0.4, -0.2) is 57.3 Å². The molecule has 0 spiro atoms. The first-order valence-corrected chi connectivity index (χ1v) is 8.35. The lowest BCUT2D eigenvalue weighted by Gasteiger charge is -2.21. The van der Waals surface area contributed by atoms with Gasteiger partial charge in [-0.2, -0.15) is 0 Å². The van der Waals surface area contributed by atoms with Crippen molar-refractivity contribution in [3.05, 3.63) is 54.2 Å². The average Bonchev–Trinajstić information content (AvgIpc) is 2.93. The Kier molecular flexibility index (Phi) is 5.38. The third-order valence-corrected chi connectivity index (χ3v) is 4.16. The van der Waals surface area contributed by atoms with Crippen molar-refractivity contribution in [2.45, 2.75) is 13.0 Å². The molecule has 0 unspecified atom stereocenters. The van der Waals surface area contributed by atoms with Crippen molar-refractivity contribution in [3.8, 4) is 0 Å². The molecule has 1 aromatic carbocycles. The van der Waals surface area contributed by atoms with Crippen LogP contribution in [0.4, 0.5) is 0 Å². The summed E-state index contributed by atoms with van der Waals surface area (Å²) in [7, 11) is 0. The van der Waals surface area contributed by atoms with Crippen molar-refractivity contribution >= 4 is 28.7 Å². The van der Waals surface area contributed by atoms with Crippen molar-refractivity contribution < 1.29 is 19.5 Å². The summed E-state index contributed by atoms with van der Waals surface area (Å²) in [4.78, 5) is 41.7. The maximum Gasteiger partial charge on any atom is 0.317 e. The number of carboxylic acid groups (broad SMARTS) is 1. The molecule has 0 aliphatic carbocycles. The molecule has 2 amide bonds. The Balaban J connectivity index is 1.62. The summed E-state index contributed by atoms with van der Waals surface area (Å²) in [5.74, 6) is -1.58. The Hall–Kier alpha value is -3.06. The third kappa shape index (κ3) is 4.31. The molecule has 0 radical (unpaired) electrons. The standard InChI is InChI=1S/C19H19N3O4/c23-17-8-9-18(24)22(17)11-3-10-21(13-19(25)26)12-15-7-6-14-4-1-2-5-16(14)20-15/h1-2,4-9H,3,10-13H2,(H,25,26). The van der Waals surface area contributed by atoms with Crippen LogP contribution in [0.3, 0.4) is 0 Å². The van der Waals surface area contributed by atoms with E-state index in [1.807, 2.05) is 36.4 Å². The Labute approximate surface area is 150 Å². The number of carbonyl (C=O) groups is 3. The van der Waals surface area contributed by atoms with Gasteiger partial charge in [0.1, 0.15) is 0 Å². The lowest BCUT2D eigenvalue weighted by atomic mass is 10.2. The van der Waals surface area contributed by atoms with E-state index in [1.54, 1.807) is 4.90 Å². The second kappa shape index (κ2) is 7.88. The maximum absolute atomic E-state index is 11.6. The van der Waals surface area contributed by atoms with Crippen LogP contribution in [0.15, 0.2) is 48.6 Å². The monoisotopic (exact) mass is 353 g/mol. The van der Waals surface area contributed by atoms with Crippen molar-refractivity contribution in [1.29, 1.82) is 0 Å².